The molecule has 1 aliphatic rings. The largest absolute Gasteiger partial charge is 0.369 e. The van der Waals surface area contributed by atoms with Crippen LogP contribution in [0.4, 0.5) is 11.6 Å². The lowest BCUT2D eigenvalue weighted by atomic mass is 9.91. The molecule has 0 spiro atoms. The minimum atomic E-state index is -0.266. The molecule has 3 N–H and O–H groups in total. The Labute approximate surface area is 142 Å². The van der Waals surface area contributed by atoms with Gasteiger partial charge in [-0.3, -0.25) is 9.69 Å². The van der Waals surface area contributed by atoms with Gasteiger partial charge in [0, 0.05) is 18.4 Å². The monoisotopic (exact) mass is 325 g/mol. The van der Waals surface area contributed by atoms with Crippen LogP contribution in [0.5, 0.6) is 0 Å². The number of nitrogens with two attached hydrogens (primary N) is 1. The molecule has 1 fully saturated rings. The summed E-state index contributed by atoms with van der Waals surface area (Å²) in [5, 5.41) is 3.26. The molecule has 126 valence electrons. The number of carbonyl (C=O) groups excluding carboxylic acids is 1. The lowest BCUT2D eigenvalue weighted by molar-refractivity contribution is -0.119. The molecule has 3 heterocycles. The fourth-order valence-corrected chi connectivity index (χ4v) is 3.20. The lowest BCUT2D eigenvalue weighted by Gasteiger charge is -2.32. The molecule has 1 aliphatic heterocycles. The molecule has 6 nitrogen and oxygen atoms in total. The number of rotatable bonds is 5. The number of amides is 1. The van der Waals surface area contributed by atoms with Crippen molar-refractivity contribution in [3.8, 4) is 0 Å². The Hall–Kier alpha value is -2.47. The van der Waals surface area contributed by atoms with Gasteiger partial charge in [0.25, 0.3) is 0 Å². The van der Waals surface area contributed by atoms with Crippen LogP contribution in [0.2, 0.25) is 0 Å². The van der Waals surface area contributed by atoms with Gasteiger partial charge in [-0.25, -0.2) is 9.97 Å². The van der Waals surface area contributed by atoms with Crippen molar-refractivity contribution in [2.24, 2.45) is 5.73 Å². The van der Waals surface area contributed by atoms with E-state index in [2.05, 4.69) is 26.3 Å². The summed E-state index contributed by atoms with van der Waals surface area (Å²) < 4.78 is 0. The predicted octanol–water partition coefficient (Wildman–Crippen LogP) is 2.19. The highest BCUT2D eigenvalue weighted by atomic mass is 16.1. The van der Waals surface area contributed by atoms with Crippen LogP contribution < -0.4 is 11.1 Å². The average Bonchev–Trinajstić information content (AvgIpc) is 2.55. The normalized spacial score (nSPS) is 18.3. The number of piperidine rings is 1. The number of pyridine rings is 2. The molecule has 0 aliphatic carbocycles. The van der Waals surface area contributed by atoms with Crippen LogP contribution in [0.3, 0.4) is 0 Å². The summed E-state index contributed by atoms with van der Waals surface area (Å²) in [6.45, 7) is 4.09. The lowest BCUT2D eigenvalue weighted by Crippen LogP contribution is -2.40. The molecular formula is C18H23N5O. The smallest absolute Gasteiger partial charge is 0.231 e. The molecule has 1 unspecified atom stereocenters. The van der Waals surface area contributed by atoms with E-state index in [4.69, 9.17) is 5.73 Å². The molecule has 6 heteroatoms. The van der Waals surface area contributed by atoms with Crippen molar-refractivity contribution in [2.75, 3.05) is 25.0 Å². The predicted molar refractivity (Wildman–Crippen MR) is 94.1 cm³/mol. The van der Waals surface area contributed by atoms with Crippen LogP contribution in [-0.2, 0) is 4.79 Å². The molecular weight excluding hydrogens is 302 g/mol. The van der Waals surface area contributed by atoms with Crippen molar-refractivity contribution < 1.29 is 4.79 Å². The van der Waals surface area contributed by atoms with Gasteiger partial charge >= 0.3 is 0 Å². The van der Waals surface area contributed by atoms with Crippen molar-refractivity contribution in [3.05, 3.63) is 47.8 Å². The molecule has 1 amide bonds. The number of aromatic nitrogens is 2. The molecule has 3 rings (SSSR count). The van der Waals surface area contributed by atoms with E-state index in [1.807, 2.05) is 37.4 Å². The number of aryl methyl sites for hydroxylation is 1. The number of anilines is 2. The molecule has 1 atom stereocenters. The van der Waals surface area contributed by atoms with Crippen molar-refractivity contribution in [2.45, 2.75) is 25.7 Å². The van der Waals surface area contributed by atoms with Crippen molar-refractivity contribution in [1.82, 2.24) is 14.9 Å². The SMILES string of the molecule is Cc1cccc(Nc2cc(C3CCCN(CC(N)=O)C3)ccn2)n1. The quantitative estimate of drug-likeness (QED) is 0.880. The third-order valence-electron chi connectivity index (χ3n) is 4.28. The van der Waals surface area contributed by atoms with E-state index in [1.54, 1.807) is 0 Å². The number of hydrogen-bond acceptors (Lipinski definition) is 5. The first-order valence-corrected chi connectivity index (χ1v) is 8.27. The fourth-order valence-electron chi connectivity index (χ4n) is 3.20. The Bertz CT molecular complexity index is 718. The minimum Gasteiger partial charge on any atom is -0.369 e. The third-order valence-corrected chi connectivity index (χ3v) is 4.28. The zero-order valence-electron chi connectivity index (χ0n) is 13.9. The average molecular weight is 325 g/mol. The van der Waals surface area contributed by atoms with Gasteiger partial charge in [-0.1, -0.05) is 6.07 Å². The summed E-state index contributed by atoms with van der Waals surface area (Å²) in [6.07, 6.45) is 4.00. The molecule has 0 bridgehead atoms. The summed E-state index contributed by atoms with van der Waals surface area (Å²) in [7, 11) is 0. The fraction of sp³-hybridized carbons (Fsp3) is 0.389. The molecule has 0 saturated carbocycles. The standard InChI is InChI=1S/C18H23N5O/c1-13-4-2-6-17(21-13)22-18-10-14(7-8-20-18)15-5-3-9-23(11-15)12-16(19)24/h2,4,6-8,10,15H,3,5,9,11-12H2,1H3,(H2,19,24)(H,20,21,22). The van der Waals surface area contributed by atoms with Gasteiger partial charge in [-0.05, 0) is 62.1 Å². The Balaban J connectivity index is 1.71. The zero-order chi connectivity index (χ0) is 16.9. The van der Waals surface area contributed by atoms with Gasteiger partial charge in [0.1, 0.15) is 11.6 Å². The first kappa shape index (κ1) is 16.4. The molecule has 2 aromatic heterocycles. The Morgan fingerprint density at radius 1 is 1.38 bits per heavy atom. The van der Waals surface area contributed by atoms with Crippen LogP contribution in [0.25, 0.3) is 0 Å². The van der Waals surface area contributed by atoms with Crippen molar-refractivity contribution >= 4 is 17.5 Å². The van der Waals surface area contributed by atoms with E-state index in [1.165, 1.54) is 5.56 Å². The third kappa shape index (κ3) is 4.29. The van der Waals surface area contributed by atoms with E-state index >= 15 is 0 Å². The number of nitrogens with zero attached hydrogens (tertiary/aromatic N) is 3. The summed E-state index contributed by atoms with van der Waals surface area (Å²) in [4.78, 5) is 22.1. The molecule has 0 aromatic carbocycles. The summed E-state index contributed by atoms with van der Waals surface area (Å²) >= 11 is 0. The van der Waals surface area contributed by atoms with Gasteiger partial charge in [0.2, 0.25) is 5.91 Å². The van der Waals surface area contributed by atoms with E-state index in [9.17, 15) is 4.79 Å². The second kappa shape index (κ2) is 7.40. The van der Waals surface area contributed by atoms with Crippen molar-refractivity contribution in [1.29, 1.82) is 0 Å². The highest BCUT2D eigenvalue weighted by molar-refractivity contribution is 5.75. The van der Waals surface area contributed by atoms with E-state index in [-0.39, 0.29) is 5.91 Å². The van der Waals surface area contributed by atoms with E-state index < -0.39 is 0 Å². The van der Waals surface area contributed by atoms with Gasteiger partial charge < -0.3 is 11.1 Å². The molecule has 2 aromatic rings. The van der Waals surface area contributed by atoms with Crippen LogP contribution in [0, 0.1) is 6.92 Å². The maximum Gasteiger partial charge on any atom is 0.231 e. The number of carbonyl (C=O) groups is 1. The summed E-state index contributed by atoms with van der Waals surface area (Å²) in [5.41, 5.74) is 7.52. The second-order valence-electron chi connectivity index (χ2n) is 6.30. The van der Waals surface area contributed by atoms with E-state index in [0.717, 1.165) is 43.3 Å². The second-order valence-corrected chi connectivity index (χ2v) is 6.30. The summed E-state index contributed by atoms with van der Waals surface area (Å²) in [6, 6.07) is 9.98. The topological polar surface area (TPSA) is 84.1 Å². The highest BCUT2D eigenvalue weighted by Crippen LogP contribution is 2.28. The maximum atomic E-state index is 11.1. The number of likely N-dealkylation sites (tertiary alicyclic amines) is 1. The van der Waals surface area contributed by atoms with Crippen LogP contribution in [0.1, 0.15) is 30.0 Å². The first-order valence-electron chi connectivity index (χ1n) is 8.27. The van der Waals surface area contributed by atoms with Crippen LogP contribution >= 0.6 is 0 Å². The molecule has 1 saturated heterocycles. The maximum absolute atomic E-state index is 11.1. The zero-order valence-corrected chi connectivity index (χ0v) is 13.9. The molecule has 24 heavy (non-hydrogen) atoms. The Morgan fingerprint density at radius 3 is 3.04 bits per heavy atom. The number of nitrogens with one attached hydrogen (secondary N) is 1. The van der Waals surface area contributed by atoms with Gasteiger partial charge in [-0.15, -0.1) is 0 Å². The highest BCUT2D eigenvalue weighted by Gasteiger charge is 2.22. The van der Waals surface area contributed by atoms with Gasteiger partial charge in [0.05, 0.1) is 6.54 Å². The Morgan fingerprint density at radius 2 is 2.25 bits per heavy atom. The molecule has 0 radical (unpaired) electrons. The van der Waals surface area contributed by atoms with Crippen LogP contribution in [0.15, 0.2) is 36.5 Å². The van der Waals surface area contributed by atoms with Crippen LogP contribution in [-0.4, -0.2) is 40.4 Å². The number of hydrogen-bond donors (Lipinski definition) is 2. The summed E-state index contributed by atoms with van der Waals surface area (Å²) in [5.74, 6) is 1.71. The first-order chi connectivity index (χ1) is 11.6. The minimum absolute atomic E-state index is 0.266. The van der Waals surface area contributed by atoms with Crippen molar-refractivity contribution in [3.63, 3.8) is 0 Å². The Kier molecular flexibility index (Phi) is 5.05. The van der Waals surface area contributed by atoms with E-state index in [0.29, 0.717) is 12.5 Å². The number of primary amides is 1. The van der Waals surface area contributed by atoms with Gasteiger partial charge in [-0.2, -0.15) is 0 Å². The van der Waals surface area contributed by atoms with Gasteiger partial charge in [0.15, 0.2) is 0 Å².